The van der Waals surface area contributed by atoms with E-state index in [0.29, 0.717) is 35.3 Å². The predicted molar refractivity (Wildman–Crippen MR) is 126 cm³/mol. The van der Waals surface area contributed by atoms with Crippen molar-refractivity contribution in [1.82, 2.24) is 20.2 Å². The van der Waals surface area contributed by atoms with Gasteiger partial charge < -0.3 is 29.8 Å². The van der Waals surface area contributed by atoms with E-state index < -0.39 is 0 Å². The molecule has 3 N–H and O–H groups in total. The van der Waals surface area contributed by atoms with Crippen LogP contribution in [0, 0.1) is 0 Å². The van der Waals surface area contributed by atoms with Crippen molar-refractivity contribution in [1.29, 1.82) is 0 Å². The Bertz CT molecular complexity index is 943. The van der Waals surface area contributed by atoms with Crippen molar-refractivity contribution in [2.45, 2.75) is 56.5 Å². The van der Waals surface area contributed by atoms with Gasteiger partial charge in [-0.15, -0.1) is 0 Å². The monoisotopic (exact) mass is 476 g/mol. The molecule has 3 rings (SSSR count). The highest BCUT2D eigenvalue weighted by atomic mass is 32.2. The molecule has 2 aromatic rings. The summed E-state index contributed by atoms with van der Waals surface area (Å²) in [6.45, 7) is 0.340. The van der Waals surface area contributed by atoms with Gasteiger partial charge in [0.15, 0.2) is 16.7 Å². The molecule has 1 aromatic heterocycles. The van der Waals surface area contributed by atoms with Crippen LogP contribution in [-0.4, -0.2) is 59.0 Å². The third-order valence-corrected chi connectivity index (χ3v) is 6.59. The van der Waals surface area contributed by atoms with Crippen LogP contribution in [0.15, 0.2) is 29.6 Å². The number of ether oxygens (including phenoxy) is 2. The van der Waals surface area contributed by atoms with E-state index in [4.69, 9.17) is 9.47 Å². The second-order valence-corrected chi connectivity index (χ2v) is 8.85. The number of aliphatic hydroxyl groups excluding tert-OH is 1. The molecule has 0 saturated heterocycles. The number of hydrogen-bond donors (Lipinski definition) is 3. The lowest BCUT2D eigenvalue weighted by Gasteiger charge is -2.14. The summed E-state index contributed by atoms with van der Waals surface area (Å²) >= 11 is 1.25. The first-order chi connectivity index (χ1) is 16.0. The maximum absolute atomic E-state index is 12.4. The maximum Gasteiger partial charge on any atom is 0.240 e. The quantitative estimate of drug-likeness (QED) is 0.401. The van der Waals surface area contributed by atoms with E-state index in [9.17, 15) is 14.7 Å². The van der Waals surface area contributed by atoms with E-state index in [2.05, 4.69) is 15.6 Å². The van der Waals surface area contributed by atoms with Crippen LogP contribution in [0.1, 0.15) is 36.9 Å². The lowest BCUT2D eigenvalue weighted by molar-refractivity contribution is -0.122. The Hall–Kier alpha value is -2.72. The first kappa shape index (κ1) is 24.9. The number of amides is 2. The molecule has 10 heteroatoms. The number of aliphatic hydroxyl groups is 1. The molecule has 0 atom stereocenters. The topological polar surface area (TPSA) is 115 Å². The fourth-order valence-electron chi connectivity index (χ4n) is 3.85. The molecule has 33 heavy (non-hydrogen) atoms. The average molecular weight is 477 g/mol. The number of aromatic nitrogens is 2. The van der Waals surface area contributed by atoms with Crippen molar-refractivity contribution in [2.75, 3.05) is 26.5 Å². The molecule has 0 radical (unpaired) electrons. The number of rotatable bonds is 12. The third-order valence-electron chi connectivity index (χ3n) is 5.60. The molecule has 0 bridgehead atoms. The first-order valence-corrected chi connectivity index (χ1v) is 12.1. The summed E-state index contributed by atoms with van der Waals surface area (Å²) < 4.78 is 12.2. The first-order valence-electron chi connectivity index (χ1n) is 11.1. The molecule has 0 aliphatic heterocycles. The number of hydrogen-bond acceptors (Lipinski definition) is 7. The number of carbonyl (C=O) groups is 2. The van der Waals surface area contributed by atoms with Crippen molar-refractivity contribution >= 4 is 23.6 Å². The molecule has 180 valence electrons. The highest BCUT2D eigenvalue weighted by Crippen LogP contribution is 2.27. The molecule has 1 saturated carbocycles. The maximum atomic E-state index is 12.4. The van der Waals surface area contributed by atoms with Crippen LogP contribution in [0.4, 0.5) is 0 Å². The van der Waals surface area contributed by atoms with Gasteiger partial charge >= 0.3 is 0 Å². The van der Waals surface area contributed by atoms with Gasteiger partial charge in [0.25, 0.3) is 0 Å². The van der Waals surface area contributed by atoms with Crippen molar-refractivity contribution in [2.24, 2.45) is 0 Å². The van der Waals surface area contributed by atoms with Gasteiger partial charge in [-0.3, -0.25) is 9.59 Å². The van der Waals surface area contributed by atoms with Gasteiger partial charge in [0, 0.05) is 12.6 Å². The molecule has 1 aliphatic rings. The van der Waals surface area contributed by atoms with Gasteiger partial charge in [-0.05, 0) is 37.0 Å². The van der Waals surface area contributed by atoms with Crippen LogP contribution in [0.5, 0.6) is 11.5 Å². The highest BCUT2D eigenvalue weighted by molar-refractivity contribution is 7.99. The molecular formula is C23H32N4O5S. The number of nitrogens with one attached hydrogen (secondary N) is 2. The van der Waals surface area contributed by atoms with Crippen molar-refractivity contribution in [3.05, 3.63) is 35.7 Å². The predicted octanol–water partition coefficient (Wildman–Crippen LogP) is 1.90. The summed E-state index contributed by atoms with van der Waals surface area (Å²) in [4.78, 5) is 29.1. The molecular weight excluding hydrogens is 444 g/mol. The number of nitrogens with zero attached hydrogens (tertiary/aromatic N) is 2. The van der Waals surface area contributed by atoms with Crippen LogP contribution in [0.3, 0.4) is 0 Å². The minimum atomic E-state index is -0.220. The molecule has 1 aliphatic carbocycles. The smallest absolute Gasteiger partial charge is 0.240 e. The van der Waals surface area contributed by atoms with Gasteiger partial charge in [-0.25, -0.2) is 4.98 Å². The summed E-state index contributed by atoms with van der Waals surface area (Å²) in [6, 6.07) is 5.90. The fraction of sp³-hybridized carbons (Fsp3) is 0.522. The van der Waals surface area contributed by atoms with Gasteiger partial charge in [0.2, 0.25) is 11.8 Å². The second-order valence-electron chi connectivity index (χ2n) is 7.90. The lowest BCUT2D eigenvalue weighted by atomic mass is 10.1. The average Bonchev–Trinajstić information content (AvgIpc) is 3.47. The number of imidazole rings is 1. The molecule has 0 spiro atoms. The van der Waals surface area contributed by atoms with E-state index in [-0.39, 0.29) is 36.8 Å². The molecule has 0 unspecified atom stereocenters. The Labute approximate surface area is 198 Å². The Morgan fingerprint density at radius 1 is 1.18 bits per heavy atom. The summed E-state index contributed by atoms with van der Waals surface area (Å²) in [7, 11) is 3.18. The van der Waals surface area contributed by atoms with E-state index >= 15 is 0 Å². The van der Waals surface area contributed by atoms with Crippen LogP contribution in [0.25, 0.3) is 0 Å². The SMILES string of the molecule is COc1ccc(CCNC(=O)CSc2ncc(CO)n2CC(=O)NC2CCCC2)cc1OC. The number of carbonyl (C=O) groups excluding carboxylic acids is 2. The highest BCUT2D eigenvalue weighted by Gasteiger charge is 2.19. The lowest BCUT2D eigenvalue weighted by Crippen LogP contribution is -2.35. The summed E-state index contributed by atoms with van der Waals surface area (Å²) in [5.74, 6) is 1.25. The zero-order valence-electron chi connectivity index (χ0n) is 19.1. The summed E-state index contributed by atoms with van der Waals surface area (Å²) in [6.07, 6.45) is 6.49. The van der Waals surface area contributed by atoms with E-state index in [1.165, 1.54) is 11.8 Å². The van der Waals surface area contributed by atoms with E-state index in [0.717, 1.165) is 31.2 Å². The normalized spacial score (nSPS) is 13.7. The van der Waals surface area contributed by atoms with Gasteiger partial charge in [-0.2, -0.15) is 0 Å². The second kappa shape index (κ2) is 12.5. The number of benzene rings is 1. The minimum absolute atomic E-state index is 0.0790. The molecule has 1 fully saturated rings. The van der Waals surface area contributed by atoms with Crippen molar-refractivity contribution < 1.29 is 24.2 Å². The number of methoxy groups -OCH3 is 2. The zero-order valence-corrected chi connectivity index (χ0v) is 20.0. The van der Waals surface area contributed by atoms with Gasteiger partial charge in [0.05, 0.1) is 38.5 Å². The minimum Gasteiger partial charge on any atom is -0.493 e. The molecule has 2 amide bonds. The van der Waals surface area contributed by atoms with Gasteiger partial charge in [-0.1, -0.05) is 30.7 Å². The van der Waals surface area contributed by atoms with Crippen LogP contribution < -0.4 is 20.1 Å². The van der Waals surface area contributed by atoms with E-state index in [1.807, 2.05) is 18.2 Å². The Morgan fingerprint density at radius 2 is 1.94 bits per heavy atom. The Morgan fingerprint density at radius 3 is 2.64 bits per heavy atom. The van der Waals surface area contributed by atoms with Crippen LogP contribution in [-0.2, 0) is 29.2 Å². The van der Waals surface area contributed by atoms with E-state index in [1.54, 1.807) is 25.0 Å². The molecule has 1 heterocycles. The third kappa shape index (κ3) is 7.13. The van der Waals surface area contributed by atoms with Gasteiger partial charge in [0.1, 0.15) is 6.54 Å². The standard InChI is InChI=1S/C23H32N4O5S/c1-31-19-8-7-16(11-20(19)32-2)9-10-24-22(30)15-33-23-25-12-18(14-28)27(23)13-21(29)26-17-5-3-4-6-17/h7-8,11-12,17,28H,3-6,9-10,13-15H2,1-2H3,(H,24,30)(H,26,29). The largest absolute Gasteiger partial charge is 0.493 e. The van der Waals surface area contributed by atoms with Crippen molar-refractivity contribution in [3.63, 3.8) is 0 Å². The summed E-state index contributed by atoms with van der Waals surface area (Å²) in [5.41, 5.74) is 1.57. The zero-order chi connectivity index (χ0) is 23.6. The van der Waals surface area contributed by atoms with Crippen molar-refractivity contribution in [3.8, 4) is 11.5 Å². The summed E-state index contributed by atoms with van der Waals surface area (Å²) in [5, 5.41) is 16.1. The fourth-order valence-corrected chi connectivity index (χ4v) is 4.68. The Balaban J connectivity index is 1.47. The molecule has 1 aromatic carbocycles. The Kier molecular flexibility index (Phi) is 9.44. The van der Waals surface area contributed by atoms with Crippen LogP contribution >= 0.6 is 11.8 Å². The number of thioether (sulfide) groups is 1. The molecule has 9 nitrogen and oxygen atoms in total. The van der Waals surface area contributed by atoms with Crippen LogP contribution in [0.2, 0.25) is 0 Å².